The van der Waals surface area contributed by atoms with Crippen LogP contribution in [0.4, 0.5) is 5.69 Å². The number of hydrogen-bond donors (Lipinski definition) is 0. The molecule has 1 aliphatic rings. The van der Waals surface area contributed by atoms with E-state index >= 15 is 0 Å². The lowest BCUT2D eigenvalue weighted by molar-refractivity contribution is 0.0984. The monoisotopic (exact) mass is 438 g/mol. The van der Waals surface area contributed by atoms with E-state index in [-0.39, 0.29) is 24.7 Å². The van der Waals surface area contributed by atoms with Gasteiger partial charge in [0, 0.05) is 49.1 Å². The molecule has 1 aromatic heterocycles. The normalized spacial score (nSPS) is 14.3. The van der Waals surface area contributed by atoms with Crippen molar-refractivity contribution in [1.29, 1.82) is 0 Å². The number of amides is 1. The molecule has 0 N–H and O–H groups in total. The van der Waals surface area contributed by atoms with Crippen molar-refractivity contribution >= 4 is 21.6 Å². The van der Waals surface area contributed by atoms with E-state index in [9.17, 15) is 13.2 Å². The lowest BCUT2D eigenvalue weighted by atomic mass is 10.1. The molecular weight excluding hydrogens is 412 g/mol. The van der Waals surface area contributed by atoms with Crippen LogP contribution in [0.15, 0.2) is 60.7 Å². The Morgan fingerprint density at radius 3 is 2.35 bits per heavy atom. The zero-order valence-corrected chi connectivity index (χ0v) is 18.5. The third-order valence-corrected chi connectivity index (χ3v) is 7.52. The zero-order valence-electron chi connectivity index (χ0n) is 17.7. The highest BCUT2D eigenvalue weighted by Crippen LogP contribution is 2.27. The molecule has 2 heterocycles. The smallest absolute Gasteiger partial charge is 0.258 e. The van der Waals surface area contributed by atoms with Gasteiger partial charge in [0.25, 0.3) is 5.91 Å². The van der Waals surface area contributed by atoms with Crippen LogP contribution in [0, 0.1) is 0 Å². The van der Waals surface area contributed by atoms with Crippen molar-refractivity contribution in [2.75, 3.05) is 17.2 Å². The largest absolute Gasteiger partial charge is 0.302 e. The van der Waals surface area contributed by atoms with Gasteiger partial charge in [0.05, 0.1) is 18.0 Å². The van der Waals surface area contributed by atoms with Gasteiger partial charge < -0.3 is 4.90 Å². The summed E-state index contributed by atoms with van der Waals surface area (Å²) in [6.45, 7) is 2.66. The Labute approximate surface area is 183 Å². The first-order valence-electron chi connectivity index (χ1n) is 10.3. The average molecular weight is 439 g/mol. The summed E-state index contributed by atoms with van der Waals surface area (Å²) < 4.78 is 28.2. The number of benzene rings is 2. The van der Waals surface area contributed by atoms with E-state index in [1.165, 1.54) is 4.31 Å². The number of sulfonamides is 1. The van der Waals surface area contributed by atoms with E-state index < -0.39 is 10.0 Å². The number of carbonyl (C=O) groups excluding carboxylic acids is 1. The molecule has 0 radical (unpaired) electrons. The molecule has 8 heteroatoms. The number of carbonyl (C=O) groups is 1. The van der Waals surface area contributed by atoms with Crippen molar-refractivity contribution < 1.29 is 13.2 Å². The van der Waals surface area contributed by atoms with Crippen molar-refractivity contribution in [3.05, 3.63) is 83.2 Å². The van der Waals surface area contributed by atoms with Crippen molar-refractivity contribution in [2.24, 2.45) is 7.05 Å². The molecule has 0 atom stereocenters. The molecule has 31 heavy (non-hydrogen) atoms. The van der Waals surface area contributed by atoms with E-state index in [2.05, 4.69) is 5.10 Å². The number of aromatic nitrogens is 2. The Hall–Kier alpha value is -2.97. The first-order valence-corrected chi connectivity index (χ1v) is 11.9. The zero-order chi connectivity index (χ0) is 22.0. The van der Waals surface area contributed by atoms with Gasteiger partial charge in [-0.05, 0) is 31.2 Å². The van der Waals surface area contributed by atoms with Crippen molar-refractivity contribution in [1.82, 2.24) is 14.1 Å². The topological polar surface area (TPSA) is 75.5 Å². The highest BCUT2D eigenvalue weighted by Gasteiger charge is 2.31. The fourth-order valence-corrected chi connectivity index (χ4v) is 5.03. The molecule has 4 rings (SSSR count). The second-order valence-electron chi connectivity index (χ2n) is 7.57. The average Bonchev–Trinajstić information content (AvgIpc) is 3.13. The second kappa shape index (κ2) is 8.64. The molecule has 1 amide bonds. The summed E-state index contributed by atoms with van der Waals surface area (Å²) in [6, 6.07) is 18.6. The Kier molecular flexibility index (Phi) is 5.93. The van der Waals surface area contributed by atoms with Crippen LogP contribution in [0.25, 0.3) is 0 Å². The predicted octanol–water partition coefficient (Wildman–Crippen LogP) is 2.97. The van der Waals surface area contributed by atoms with E-state index in [1.54, 1.807) is 24.0 Å². The Morgan fingerprint density at radius 2 is 1.71 bits per heavy atom. The number of aryl methyl sites for hydroxylation is 1. The highest BCUT2D eigenvalue weighted by atomic mass is 32.2. The van der Waals surface area contributed by atoms with Gasteiger partial charge in [-0.1, -0.05) is 36.4 Å². The number of para-hydroxylation sites is 1. The van der Waals surface area contributed by atoms with Crippen LogP contribution in [0.3, 0.4) is 0 Å². The molecule has 0 aliphatic carbocycles. The Morgan fingerprint density at radius 1 is 1.06 bits per heavy atom. The predicted molar refractivity (Wildman–Crippen MR) is 120 cm³/mol. The Bertz CT molecular complexity index is 1170. The first-order chi connectivity index (χ1) is 14.9. The lowest BCUT2D eigenvalue weighted by Gasteiger charge is -2.27. The van der Waals surface area contributed by atoms with Gasteiger partial charge in [-0.15, -0.1) is 0 Å². The summed E-state index contributed by atoms with van der Waals surface area (Å²) in [6.07, 6.45) is 0.607. The molecule has 0 bridgehead atoms. The summed E-state index contributed by atoms with van der Waals surface area (Å²) in [4.78, 5) is 15.1. The fraction of sp³-hybridized carbons (Fsp3) is 0.304. The second-order valence-corrected chi connectivity index (χ2v) is 9.83. The molecule has 162 valence electrons. The van der Waals surface area contributed by atoms with Crippen LogP contribution < -0.4 is 4.90 Å². The number of hydrogen-bond acceptors (Lipinski definition) is 4. The molecule has 0 spiro atoms. The SMILES string of the molecule is CCS(=O)(=O)N1CCc2c(c(CN(C(=O)c3ccccc3)c3ccccc3)nn2C)C1. The number of fused-ring (bicyclic) bond motifs is 1. The molecule has 7 nitrogen and oxygen atoms in total. The first kappa shape index (κ1) is 21.3. The highest BCUT2D eigenvalue weighted by molar-refractivity contribution is 7.89. The maximum absolute atomic E-state index is 13.4. The maximum Gasteiger partial charge on any atom is 0.258 e. The quantitative estimate of drug-likeness (QED) is 0.593. The number of rotatable bonds is 6. The van der Waals surface area contributed by atoms with Gasteiger partial charge in [0.1, 0.15) is 0 Å². The minimum Gasteiger partial charge on any atom is -0.302 e. The van der Waals surface area contributed by atoms with Gasteiger partial charge in [0.2, 0.25) is 10.0 Å². The maximum atomic E-state index is 13.4. The van der Waals surface area contributed by atoms with Crippen molar-refractivity contribution in [2.45, 2.75) is 26.4 Å². The van der Waals surface area contributed by atoms with Crippen LogP contribution >= 0.6 is 0 Å². The van der Waals surface area contributed by atoms with Crippen molar-refractivity contribution in [3.8, 4) is 0 Å². The molecule has 0 saturated carbocycles. The standard InChI is InChI=1S/C23H26N4O3S/c1-3-31(29,30)26-15-14-22-20(16-26)21(24-25(22)2)17-27(19-12-8-5-9-13-19)23(28)18-10-6-4-7-11-18/h4-13H,3,14-17H2,1-2H3. The summed E-state index contributed by atoms with van der Waals surface area (Å²) >= 11 is 0. The van der Waals surface area contributed by atoms with Gasteiger partial charge in [-0.25, -0.2) is 8.42 Å². The fourth-order valence-electron chi connectivity index (χ4n) is 3.97. The van der Waals surface area contributed by atoms with E-state index in [0.29, 0.717) is 18.5 Å². The van der Waals surface area contributed by atoms with E-state index in [4.69, 9.17) is 0 Å². The summed E-state index contributed by atoms with van der Waals surface area (Å²) in [5, 5.41) is 4.68. The van der Waals surface area contributed by atoms with E-state index in [1.807, 2.05) is 60.3 Å². The molecule has 3 aromatic rings. The van der Waals surface area contributed by atoms with Crippen LogP contribution in [-0.2, 0) is 36.6 Å². The van der Waals surface area contributed by atoms with Crippen LogP contribution in [0.1, 0.15) is 34.2 Å². The van der Waals surface area contributed by atoms with Crippen LogP contribution in [-0.4, -0.2) is 40.7 Å². The van der Waals surface area contributed by atoms with Gasteiger partial charge >= 0.3 is 0 Å². The number of nitrogens with zero attached hydrogens (tertiary/aromatic N) is 4. The van der Waals surface area contributed by atoms with Crippen LogP contribution in [0.2, 0.25) is 0 Å². The van der Waals surface area contributed by atoms with Gasteiger partial charge in [-0.3, -0.25) is 9.48 Å². The summed E-state index contributed by atoms with van der Waals surface area (Å²) in [5.74, 6) is -0.0550. The third kappa shape index (κ3) is 4.26. The molecular formula is C23H26N4O3S. The molecule has 2 aromatic carbocycles. The molecule has 1 aliphatic heterocycles. The minimum absolute atomic E-state index is 0.0700. The third-order valence-electron chi connectivity index (χ3n) is 5.69. The minimum atomic E-state index is -3.30. The van der Waals surface area contributed by atoms with Crippen LogP contribution in [0.5, 0.6) is 0 Å². The van der Waals surface area contributed by atoms with Gasteiger partial charge in [0.15, 0.2) is 0 Å². The summed E-state index contributed by atoms with van der Waals surface area (Å²) in [7, 11) is -1.42. The molecule has 0 saturated heterocycles. The lowest BCUT2D eigenvalue weighted by Crippen LogP contribution is -2.38. The molecule has 0 fully saturated rings. The van der Waals surface area contributed by atoms with E-state index in [0.717, 1.165) is 22.6 Å². The van der Waals surface area contributed by atoms with Crippen molar-refractivity contribution in [3.63, 3.8) is 0 Å². The Balaban J connectivity index is 1.71. The van der Waals surface area contributed by atoms with Gasteiger partial charge in [-0.2, -0.15) is 9.40 Å². The number of anilines is 1. The molecule has 0 unspecified atom stereocenters. The summed E-state index contributed by atoms with van der Waals surface area (Å²) in [5.41, 5.74) is 4.00.